The number of ether oxygens (including phenoxy) is 1. The van der Waals surface area contributed by atoms with E-state index in [1.807, 2.05) is 31.2 Å². The summed E-state index contributed by atoms with van der Waals surface area (Å²) >= 11 is 0. The predicted octanol–water partition coefficient (Wildman–Crippen LogP) is 1.75. The van der Waals surface area contributed by atoms with E-state index in [9.17, 15) is 24.0 Å². The van der Waals surface area contributed by atoms with Crippen molar-refractivity contribution < 1.29 is 28.7 Å². The zero-order valence-corrected chi connectivity index (χ0v) is 23.3. The molecule has 0 saturated carbocycles. The van der Waals surface area contributed by atoms with Crippen molar-refractivity contribution in [3.8, 4) is 0 Å². The third kappa shape index (κ3) is 15.1. The van der Waals surface area contributed by atoms with E-state index in [0.29, 0.717) is 39.1 Å². The predicted molar refractivity (Wildman–Crippen MR) is 145 cm³/mol. The quantitative estimate of drug-likeness (QED) is 0.233. The first-order valence-corrected chi connectivity index (χ1v) is 13.3. The summed E-state index contributed by atoms with van der Waals surface area (Å²) in [6.07, 6.45) is 3.92. The maximum atomic E-state index is 12.3. The number of rotatable bonds is 19. The van der Waals surface area contributed by atoms with E-state index in [-0.39, 0.29) is 54.8 Å². The highest BCUT2D eigenvalue weighted by Gasteiger charge is 2.11. The van der Waals surface area contributed by atoms with Gasteiger partial charge in [-0.15, -0.1) is 0 Å². The number of hydrogen-bond donors (Lipinski definition) is 3. The van der Waals surface area contributed by atoms with Crippen LogP contribution in [0.4, 0.5) is 0 Å². The van der Waals surface area contributed by atoms with E-state index in [1.54, 1.807) is 25.9 Å². The lowest BCUT2D eigenvalue weighted by molar-refractivity contribution is -0.135. The normalized spacial score (nSPS) is 11.4. The van der Waals surface area contributed by atoms with Crippen LogP contribution < -0.4 is 16.0 Å². The summed E-state index contributed by atoms with van der Waals surface area (Å²) in [4.78, 5) is 60.2. The molecule has 0 bridgehead atoms. The second-order valence-electron chi connectivity index (χ2n) is 9.53. The highest BCUT2D eigenvalue weighted by Crippen LogP contribution is 2.09. The molecule has 0 spiro atoms. The molecule has 4 amide bonds. The third-order valence-electron chi connectivity index (χ3n) is 6.18. The van der Waals surface area contributed by atoms with E-state index in [2.05, 4.69) is 16.0 Å². The van der Waals surface area contributed by atoms with Gasteiger partial charge in [0.05, 0.1) is 6.42 Å². The summed E-state index contributed by atoms with van der Waals surface area (Å²) in [5, 5.41) is 8.09. The van der Waals surface area contributed by atoms with Crippen LogP contribution in [-0.4, -0.2) is 74.7 Å². The standard InChI is InChI=1S/C28H44N4O6/c1-21(22(2)33)8-5-6-15-30-26(35)9-7-17-38-20-28(37)32(4)19-24-12-10-23(11-13-24)18-27(36)31-16-14-25(34)29-3/h10-13,21H,5-9,14-20H2,1-4H3,(H,29,34)(H,30,35)(H,31,36). The average Bonchev–Trinajstić information content (AvgIpc) is 2.88. The Morgan fingerprint density at radius 2 is 1.53 bits per heavy atom. The number of likely N-dealkylation sites (N-methyl/N-ethyl adjacent to an activating group) is 1. The van der Waals surface area contributed by atoms with Gasteiger partial charge in [0.25, 0.3) is 0 Å². The minimum atomic E-state index is -0.159. The SMILES string of the molecule is CNC(=O)CCNC(=O)Cc1ccc(CN(C)C(=O)COCCCC(=O)NCCCCC(C)C(C)=O)cc1. The Morgan fingerprint density at radius 3 is 2.18 bits per heavy atom. The number of benzene rings is 1. The summed E-state index contributed by atoms with van der Waals surface area (Å²) in [6.45, 7) is 5.10. The average molecular weight is 533 g/mol. The Kier molecular flexibility index (Phi) is 16.3. The van der Waals surface area contributed by atoms with Crippen LogP contribution in [0.3, 0.4) is 0 Å². The summed E-state index contributed by atoms with van der Waals surface area (Å²) in [6, 6.07) is 7.45. The second-order valence-corrected chi connectivity index (χ2v) is 9.53. The Labute approximate surface area is 226 Å². The number of unbranched alkanes of at least 4 members (excludes halogenated alkanes) is 1. The summed E-state index contributed by atoms with van der Waals surface area (Å²) < 4.78 is 5.44. The van der Waals surface area contributed by atoms with Crippen LogP contribution in [0.25, 0.3) is 0 Å². The third-order valence-corrected chi connectivity index (χ3v) is 6.18. The number of ketones is 1. The molecule has 1 aromatic rings. The van der Waals surface area contributed by atoms with Crippen molar-refractivity contribution in [2.24, 2.45) is 5.92 Å². The molecule has 3 N–H and O–H groups in total. The fourth-order valence-corrected chi connectivity index (χ4v) is 3.51. The zero-order valence-electron chi connectivity index (χ0n) is 23.3. The number of hydrogen-bond acceptors (Lipinski definition) is 6. The van der Waals surface area contributed by atoms with Gasteiger partial charge in [0, 0.05) is 59.1 Å². The van der Waals surface area contributed by atoms with Crippen molar-refractivity contribution in [2.75, 3.05) is 40.4 Å². The number of nitrogens with one attached hydrogen (secondary N) is 3. The van der Waals surface area contributed by atoms with Gasteiger partial charge in [0.2, 0.25) is 23.6 Å². The van der Waals surface area contributed by atoms with E-state index in [4.69, 9.17) is 4.74 Å². The first-order chi connectivity index (χ1) is 18.1. The molecule has 0 fully saturated rings. The molecule has 1 unspecified atom stereocenters. The number of Topliss-reactive ketones (excluding diaryl/α,β-unsaturated/α-hetero) is 1. The van der Waals surface area contributed by atoms with Crippen LogP contribution in [0.15, 0.2) is 24.3 Å². The molecule has 1 rings (SSSR count). The number of carbonyl (C=O) groups is 5. The van der Waals surface area contributed by atoms with Crippen LogP contribution in [0.1, 0.15) is 63.5 Å². The van der Waals surface area contributed by atoms with Crippen molar-refractivity contribution >= 4 is 29.4 Å². The zero-order chi connectivity index (χ0) is 28.3. The Morgan fingerprint density at radius 1 is 0.868 bits per heavy atom. The topological polar surface area (TPSA) is 134 Å². The monoisotopic (exact) mass is 532 g/mol. The molecule has 0 heterocycles. The van der Waals surface area contributed by atoms with Crippen LogP contribution in [0.5, 0.6) is 0 Å². The number of carbonyl (C=O) groups excluding carboxylic acids is 5. The molecule has 0 aliphatic rings. The molecule has 1 atom stereocenters. The molecule has 1 aromatic carbocycles. The molecule has 212 valence electrons. The highest BCUT2D eigenvalue weighted by molar-refractivity contribution is 5.80. The fraction of sp³-hybridized carbons (Fsp3) is 0.607. The Hall–Kier alpha value is -3.27. The molecule has 0 aromatic heterocycles. The van der Waals surface area contributed by atoms with Crippen LogP contribution in [-0.2, 0) is 41.7 Å². The van der Waals surface area contributed by atoms with Crippen molar-refractivity contribution in [3.05, 3.63) is 35.4 Å². The van der Waals surface area contributed by atoms with Crippen molar-refractivity contribution in [3.63, 3.8) is 0 Å². The Bertz CT molecular complexity index is 903. The maximum absolute atomic E-state index is 12.3. The number of nitrogens with zero attached hydrogens (tertiary/aromatic N) is 1. The summed E-state index contributed by atoms with van der Waals surface area (Å²) in [7, 11) is 3.25. The van der Waals surface area contributed by atoms with Crippen molar-refractivity contribution in [1.82, 2.24) is 20.9 Å². The minimum Gasteiger partial charge on any atom is -0.372 e. The molecule has 0 aliphatic carbocycles. The molecular weight excluding hydrogens is 488 g/mol. The number of amides is 4. The van der Waals surface area contributed by atoms with Crippen LogP contribution >= 0.6 is 0 Å². The molecule has 10 heteroatoms. The van der Waals surface area contributed by atoms with Crippen molar-refractivity contribution in [1.29, 1.82) is 0 Å². The lowest BCUT2D eigenvalue weighted by Gasteiger charge is -2.17. The molecule has 0 saturated heterocycles. The van der Waals surface area contributed by atoms with E-state index >= 15 is 0 Å². The van der Waals surface area contributed by atoms with Gasteiger partial charge in [-0.1, -0.05) is 37.6 Å². The first-order valence-electron chi connectivity index (χ1n) is 13.3. The van der Waals surface area contributed by atoms with Gasteiger partial charge < -0.3 is 25.6 Å². The van der Waals surface area contributed by atoms with Gasteiger partial charge in [-0.25, -0.2) is 0 Å². The smallest absolute Gasteiger partial charge is 0.248 e. The minimum absolute atomic E-state index is 0.0403. The van der Waals surface area contributed by atoms with Crippen LogP contribution in [0.2, 0.25) is 0 Å². The van der Waals surface area contributed by atoms with Gasteiger partial charge in [0.15, 0.2) is 0 Å². The van der Waals surface area contributed by atoms with Gasteiger partial charge in [-0.3, -0.25) is 24.0 Å². The van der Waals surface area contributed by atoms with Crippen molar-refractivity contribution in [2.45, 2.75) is 65.3 Å². The maximum Gasteiger partial charge on any atom is 0.248 e. The van der Waals surface area contributed by atoms with E-state index in [1.165, 1.54) is 0 Å². The van der Waals surface area contributed by atoms with E-state index in [0.717, 1.165) is 30.4 Å². The lowest BCUT2D eigenvalue weighted by atomic mass is 10.0. The fourth-order valence-electron chi connectivity index (χ4n) is 3.51. The first kappa shape index (κ1) is 32.8. The largest absolute Gasteiger partial charge is 0.372 e. The second kappa shape index (κ2) is 18.9. The van der Waals surface area contributed by atoms with Gasteiger partial charge in [-0.05, 0) is 37.3 Å². The van der Waals surface area contributed by atoms with Gasteiger partial charge in [0.1, 0.15) is 12.4 Å². The van der Waals surface area contributed by atoms with Gasteiger partial charge >= 0.3 is 0 Å². The van der Waals surface area contributed by atoms with Gasteiger partial charge in [-0.2, -0.15) is 0 Å². The molecule has 0 aliphatic heterocycles. The molecule has 10 nitrogen and oxygen atoms in total. The Balaban J connectivity index is 2.17. The summed E-state index contributed by atoms with van der Waals surface area (Å²) in [5.41, 5.74) is 1.77. The molecular formula is C28H44N4O6. The van der Waals surface area contributed by atoms with Crippen LogP contribution in [0, 0.1) is 5.92 Å². The molecule has 0 radical (unpaired) electrons. The highest BCUT2D eigenvalue weighted by atomic mass is 16.5. The summed E-state index contributed by atoms with van der Waals surface area (Å²) in [5.74, 6) is -0.205. The molecule has 38 heavy (non-hydrogen) atoms. The van der Waals surface area contributed by atoms with E-state index < -0.39 is 0 Å². The lowest BCUT2D eigenvalue weighted by Crippen LogP contribution is -2.30.